The molecule has 0 saturated carbocycles. The summed E-state index contributed by atoms with van der Waals surface area (Å²) < 4.78 is 0. The fourth-order valence-corrected chi connectivity index (χ4v) is 2.22. The minimum Gasteiger partial charge on any atom is -0.370 e. The first-order valence-electron chi connectivity index (χ1n) is 5.30. The molecule has 2 rings (SSSR count). The number of anilines is 1. The quantitative estimate of drug-likeness (QED) is 0.769. The van der Waals surface area contributed by atoms with Gasteiger partial charge < -0.3 is 4.90 Å². The predicted octanol–water partition coefficient (Wildman–Crippen LogP) is 3.41. The van der Waals surface area contributed by atoms with Crippen molar-refractivity contribution in [2.24, 2.45) is 5.92 Å². The van der Waals surface area contributed by atoms with E-state index in [9.17, 15) is 4.79 Å². The molecule has 1 aliphatic rings. The van der Waals surface area contributed by atoms with E-state index in [-0.39, 0.29) is 5.92 Å². The van der Waals surface area contributed by atoms with Gasteiger partial charge in [-0.3, -0.25) is 4.79 Å². The van der Waals surface area contributed by atoms with Gasteiger partial charge in [0.25, 0.3) is 0 Å². The van der Waals surface area contributed by atoms with Gasteiger partial charge in [0.15, 0.2) is 0 Å². The van der Waals surface area contributed by atoms with Crippen LogP contribution in [0.3, 0.4) is 0 Å². The Balaban J connectivity index is 2.18. The summed E-state index contributed by atoms with van der Waals surface area (Å²) in [7, 11) is 0. The first kappa shape index (κ1) is 11.7. The summed E-state index contributed by atoms with van der Waals surface area (Å²) in [5, 5.41) is 1.12. The molecule has 86 valence electrons. The van der Waals surface area contributed by atoms with Crippen molar-refractivity contribution in [3.05, 3.63) is 28.2 Å². The maximum atomic E-state index is 11.4. The van der Waals surface area contributed by atoms with E-state index in [0.29, 0.717) is 22.2 Å². The average Bonchev–Trinajstić information content (AvgIpc) is 2.26. The molecule has 0 amide bonds. The van der Waals surface area contributed by atoms with Gasteiger partial charge in [-0.2, -0.15) is 0 Å². The lowest BCUT2D eigenvalue weighted by molar-refractivity contribution is -0.122. The molecule has 1 unspecified atom stereocenters. The summed E-state index contributed by atoms with van der Waals surface area (Å²) >= 11 is 11.8. The summed E-state index contributed by atoms with van der Waals surface area (Å²) in [6.07, 6.45) is 0.613. The molecule has 1 heterocycles. The number of nitrogens with zero attached hydrogens (tertiary/aromatic N) is 1. The predicted molar refractivity (Wildman–Crippen MR) is 67.5 cm³/mol. The van der Waals surface area contributed by atoms with Gasteiger partial charge in [0, 0.05) is 31.1 Å². The lowest BCUT2D eigenvalue weighted by atomic mass is 9.98. The zero-order valence-corrected chi connectivity index (χ0v) is 10.6. The lowest BCUT2D eigenvalue weighted by Crippen LogP contribution is -2.39. The summed E-state index contributed by atoms with van der Waals surface area (Å²) in [6, 6.07) is 5.59. The average molecular weight is 258 g/mol. The van der Waals surface area contributed by atoms with Crippen LogP contribution in [-0.4, -0.2) is 18.9 Å². The zero-order valence-electron chi connectivity index (χ0n) is 9.04. The molecule has 2 nitrogen and oxygen atoms in total. The van der Waals surface area contributed by atoms with Crippen molar-refractivity contribution in [3.63, 3.8) is 0 Å². The van der Waals surface area contributed by atoms with Crippen molar-refractivity contribution >= 4 is 34.7 Å². The van der Waals surface area contributed by atoms with Crippen LogP contribution in [0.15, 0.2) is 18.2 Å². The van der Waals surface area contributed by atoms with Gasteiger partial charge in [0.2, 0.25) is 0 Å². The molecule has 0 spiro atoms. The maximum absolute atomic E-state index is 11.4. The maximum Gasteiger partial charge on any atom is 0.139 e. The highest BCUT2D eigenvalue weighted by molar-refractivity contribution is 6.42. The molecular weight excluding hydrogens is 245 g/mol. The van der Waals surface area contributed by atoms with E-state index in [4.69, 9.17) is 23.2 Å². The van der Waals surface area contributed by atoms with Gasteiger partial charge in [-0.25, -0.2) is 0 Å². The molecule has 0 aliphatic carbocycles. The number of halogens is 2. The fraction of sp³-hybridized carbons (Fsp3) is 0.417. The molecule has 0 N–H and O–H groups in total. The largest absolute Gasteiger partial charge is 0.370 e. The number of carbonyl (C=O) groups is 1. The van der Waals surface area contributed by atoms with Crippen molar-refractivity contribution in [1.82, 2.24) is 0 Å². The molecular formula is C12H13Cl2NO. The molecule has 16 heavy (non-hydrogen) atoms. The third-order valence-electron chi connectivity index (χ3n) is 2.94. The second kappa shape index (κ2) is 4.64. The lowest BCUT2D eigenvalue weighted by Gasteiger charge is -2.32. The monoisotopic (exact) mass is 257 g/mol. The topological polar surface area (TPSA) is 20.3 Å². The molecule has 0 radical (unpaired) electrons. The summed E-state index contributed by atoms with van der Waals surface area (Å²) in [6.45, 7) is 3.49. The van der Waals surface area contributed by atoms with E-state index in [1.807, 2.05) is 19.1 Å². The van der Waals surface area contributed by atoms with E-state index in [1.165, 1.54) is 0 Å². The Morgan fingerprint density at radius 2 is 2.06 bits per heavy atom. The van der Waals surface area contributed by atoms with Crippen molar-refractivity contribution < 1.29 is 4.79 Å². The smallest absolute Gasteiger partial charge is 0.139 e. The number of benzene rings is 1. The summed E-state index contributed by atoms with van der Waals surface area (Å²) in [5.74, 6) is 0.444. The molecule has 0 bridgehead atoms. The van der Waals surface area contributed by atoms with Gasteiger partial charge in [-0.05, 0) is 18.2 Å². The molecule has 0 aromatic heterocycles. The van der Waals surface area contributed by atoms with Crippen LogP contribution < -0.4 is 4.90 Å². The van der Waals surface area contributed by atoms with Gasteiger partial charge in [0.05, 0.1) is 10.0 Å². The molecule has 1 aliphatic heterocycles. The van der Waals surface area contributed by atoms with Crippen molar-refractivity contribution in [3.8, 4) is 0 Å². The van der Waals surface area contributed by atoms with E-state index >= 15 is 0 Å². The van der Waals surface area contributed by atoms with Crippen LogP contribution in [0.4, 0.5) is 5.69 Å². The SMILES string of the molecule is CC1CN(c2ccc(Cl)c(Cl)c2)CCC1=O. The van der Waals surface area contributed by atoms with E-state index in [0.717, 1.165) is 18.8 Å². The number of hydrogen-bond donors (Lipinski definition) is 0. The number of Topliss-reactive ketones (excluding diaryl/α,β-unsaturated/α-hetero) is 1. The van der Waals surface area contributed by atoms with Crippen LogP contribution in [-0.2, 0) is 4.79 Å². The van der Waals surface area contributed by atoms with Crippen LogP contribution >= 0.6 is 23.2 Å². The highest BCUT2D eigenvalue weighted by atomic mass is 35.5. The molecule has 1 fully saturated rings. The Morgan fingerprint density at radius 1 is 1.31 bits per heavy atom. The Kier molecular flexibility index (Phi) is 3.41. The number of ketones is 1. The number of hydrogen-bond acceptors (Lipinski definition) is 2. The van der Waals surface area contributed by atoms with Crippen LogP contribution in [0.5, 0.6) is 0 Å². The normalized spacial score (nSPS) is 21.3. The first-order valence-corrected chi connectivity index (χ1v) is 6.06. The minimum absolute atomic E-state index is 0.100. The minimum atomic E-state index is 0.100. The number of carbonyl (C=O) groups excluding carboxylic acids is 1. The molecule has 1 aromatic carbocycles. The third-order valence-corrected chi connectivity index (χ3v) is 3.68. The zero-order chi connectivity index (χ0) is 11.7. The van der Waals surface area contributed by atoms with Crippen LogP contribution in [0, 0.1) is 5.92 Å². The third kappa shape index (κ3) is 2.33. The van der Waals surface area contributed by atoms with Crippen molar-refractivity contribution in [1.29, 1.82) is 0 Å². The Bertz CT molecular complexity index is 419. The Hall–Kier alpha value is -0.730. The highest BCUT2D eigenvalue weighted by Crippen LogP contribution is 2.29. The van der Waals surface area contributed by atoms with Gasteiger partial charge in [0.1, 0.15) is 5.78 Å². The molecule has 1 aromatic rings. The van der Waals surface area contributed by atoms with E-state index in [1.54, 1.807) is 6.07 Å². The van der Waals surface area contributed by atoms with E-state index in [2.05, 4.69) is 4.90 Å². The van der Waals surface area contributed by atoms with Crippen LogP contribution in [0.25, 0.3) is 0 Å². The summed E-state index contributed by atoms with van der Waals surface area (Å²) in [5.41, 5.74) is 1.04. The van der Waals surface area contributed by atoms with E-state index < -0.39 is 0 Å². The number of piperidine rings is 1. The van der Waals surface area contributed by atoms with Gasteiger partial charge >= 0.3 is 0 Å². The molecule has 1 saturated heterocycles. The highest BCUT2D eigenvalue weighted by Gasteiger charge is 2.23. The second-order valence-corrected chi connectivity index (χ2v) is 4.98. The molecule has 1 atom stereocenters. The van der Waals surface area contributed by atoms with Crippen LogP contribution in [0.2, 0.25) is 10.0 Å². The van der Waals surface area contributed by atoms with Gasteiger partial charge in [-0.1, -0.05) is 30.1 Å². The first-order chi connectivity index (χ1) is 7.58. The molecule has 4 heteroatoms. The van der Waals surface area contributed by atoms with Crippen molar-refractivity contribution in [2.45, 2.75) is 13.3 Å². The number of rotatable bonds is 1. The van der Waals surface area contributed by atoms with Crippen molar-refractivity contribution in [2.75, 3.05) is 18.0 Å². The Morgan fingerprint density at radius 3 is 2.69 bits per heavy atom. The Labute approximate surface area is 105 Å². The summed E-state index contributed by atoms with van der Waals surface area (Å²) in [4.78, 5) is 13.6. The standard InChI is InChI=1S/C12H13Cl2NO/c1-8-7-15(5-4-12(8)16)9-2-3-10(13)11(14)6-9/h2-3,6,8H,4-5,7H2,1H3. The van der Waals surface area contributed by atoms with Crippen LogP contribution in [0.1, 0.15) is 13.3 Å². The van der Waals surface area contributed by atoms with Gasteiger partial charge in [-0.15, -0.1) is 0 Å². The second-order valence-electron chi connectivity index (χ2n) is 4.16. The fourth-order valence-electron chi connectivity index (χ4n) is 1.93.